The maximum atomic E-state index is 11.0. The number of hydrogen-bond acceptors (Lipinski definition) is 5. The van der Waals surface area contributed by atoms with Crippen molar-refractivity contribution >= 4 is 22.9 Å². The molecule has 3 aromatic rings. The van der Waals surface area contributed by atoms with Crippen LogP contribution >= 0.6 is 22.9 Å². The van der Waals surface area contributed by atoms with Crippen LogP contribution in [0.25, 0.3) is 10.7 Å². The van der Waals surface area contributed by atoms with Crippen molar-refractivity contribution in [2.75, 3.05) is 0 Å². The zero-order valence-electron chi connectivity index (χ0n) is 10.2. The molecule has 1 unspecified atom stereocenters. The minimum atomic E-state index is -0.342. The topological polar surface area (TPSA) is 71.5 Å². The molecule has 0 spiro atoms. The molecule has 20 heavy (non-hydrogen) atoms. The van der Waals surface area contributed by atoms with E-state index in [-0.39, 0.29) is 10.9 Å². The van der Waals surface area contributed by atoms with Gasteiger partial charge in [-0.2, -0.15) is 5.10 Å². The van der Waals surface area contributed by atoms with E-state index in [1.54, 1.807) is 6.07 Å². The van der Waals surface area contributed by atoms with Gasteiger partial charge in [-0.1, -0.05) is 41.7 Å². The van der Waals surface area contributed by atoms with Gasteiger partial charge in [0.05, 0.1) is 0 Å². The molecule has 1 N–H and O–H groups in total. The lowest BCUT2D eigenvalue weighted by molar-refractivity contribution is 0.963. The van der Waals surface area contributed by atoms with Crippen molar-refractivity contribution < 1.29 is 0 Å². The number of alkyl halides is 1. The molecule has 7 heteroatoms. The van der Waals surface area contributed by atoms with Gasteiger partial charge in [0.15, 0.2) is 5.01 Å². The Balaban J connectivity index is 1.90. The van der Waals surface area contributed by atoms with E-state index < -0.39 is 0 Å². The lowest BCUT2D eigenvalue weighted by atomic mass is 10.1. The molecule has 0 fully saturated rings. The Labute approximate surface area is 123 Å². The monoisotopic (exact) mass is 304 g/mol. The zero-order chi connectivity index (χ0) is 13.9. The smallest absolute Gasteiger partial charge is 0.264 e. The molecule has 3 rings (SSSR count). The molecule has 0 radical (unpaired) electrons. The highest BCUT2D eigenvalue weighted by molar-refractivity contribution is 7.15. The van der Waals surface area contributed by atoms with Gasteiger partial charge < -0.3 is 0 Å². The molecule has 0 aliphatic rings. The summed E-state index contributed by atoms with van der Waals surface area (Å²) in [5, 5.41) is 15.4. The maximum absolute atomic E-state index is 11.0. The highest BCUT2D eigenvalue weighted by atomic mass is 35.5. The van der Waals surface area contributed by atoms with Crippen LogP contribution in [-0.2, 0) is 0 Å². The fraction of sp³-hybridized carbons (Fsp3) is 0.0769. The minimum absolute atomic E-state index is 0.252. The first-order valence-corrected chi connectivity index (χ1v) is 7.08. The Hall–Kier alpha value is -2.05. The van der Waals surface area contributed by atoms with Crippen molar-refractivity contribution in [3.8, 4) is 10.7 Å². The van der Waals surface area contributed by atoms with E-state index in [9.17, 15) is 4.79 Å². The molecule has 1 atom stereocenters. The number of aromatic nitrogens is 4. The third-order valence-electron chi connectivity index (χ3n) is 2.65. The van der Waals surface area contributed by atoms with Gasteiger partial charge in [0.2, 0.25) is 0 Å². The first-order chi connectivity index (χ1) is 9.74. The second kappa shape index (κ2) is 5.52. The lowest BCUT2D eigenvalue weighted by Crippen LogP contribution is -2.05. The van der Waals surface area contributed by atoms with Crippen molar-refractivity contribution in [1.29, 1.82) is 0 Å². The first kappa shape index (κ1) is 13.0. The number of H-pyrrole nitrogens is 1. The molecule has 0 aliphatic heterocycles. The van der Waals surface area contributed by atoms with Crippen LogP contribution in [0.1, 0.15) is 15.9 Å². The van der Waals surface area contributed by atoms with E-state index in [4.69, 9.17) is 11.6 Å². The van der Waals surface area contributed by atoms with E-state index in [0.29, 0.717) is 15.7 Å². The molecular weight excluding hydrogens is 296 g/mol. The number of nitrogens with zero attached hydrogens (tertiary/aromatic N) is 3. The number of hydrogen-bond donors (Lipinski definition) is 1. The van der Waals surface area contributed by atoms with Crippen LogP contribution in [0.3, 0.4) is 0 Å². The quantitative estimate of drug-likeness (QED) is 0.755. The minimum Gasteiger partial charge on any atom is -0.268 e. The van der Waals surface area contributed by atoms with Crippen molar-refractivity contribution in [3.05, 3.63) is 63.4 Å². The van der Waals surface area contributed by atoms with Crippen LogP contribution in [-0.4, -0.2) is 20.4 Å². The average molecular weight is 305 g/mol. The van der Waals surface area contributed by atoms with Crippen molar-refractivity contribution in [1.82, 2.24) is 20.4 Å². The van der Waals surface area contributed by atoms with Crippen molar-refractivity contribution in [3.63, 3.8) is 0 Å². The van der Waals surface area contributed by atoms with Gasteiger partial charge in [0, 0.05) is 6.07 Å². The molecule has 0 bridgehead atoms. The molecule has 0 aliphatic carbocycles. The van der Waals surface area contributed by atoms with Crippen LogP contribution in [0.5, 0.6) is 0 Å². The summed E-state index contributed by atoms with van der Waals surface area (Å²) in [6, 6.07) is 12.7. The fourth-order valence-electron chi connectivity index (χ4n) is 1.67. The molecule has 2 aromatic heterocycles. The Bertz CT molecular complexity index is 751. The number of halogens is 1. The van der Waals surface area contributed by atoms with Gasteiger partial charge in [0.25, 0.3) is 5.56 Å². The Kier molecular flexibility index (Phi) is 3.58. The number of nitrogens with one attached hydrogen (secondary N) is 1. The van der Waals surface area contributed by atoms with E-state index in [1.165, 1.54) is 17.4 Å². The second-order valence-corrected chi connectivity index (χ2v) is 5.47. The molecule has 0 saturated heterocycles. The first-order valence-electron chi connectivity index (χ1n) is 5.82. The second-order valence-electron chi connectivity index (χ2n) is 4.03. The molecule has 2 heterocycles. The normalized spacial score (nSPS) is 12.2. The van der Waals surface area contributed by atoms with E-state index in [1.807, 2.05) is 30.3 Å². The van der Waals surface area contributed by atoms with Gasteiger partial charge in [-0.3, -0.25) is 4.79 Å². The van der Waals surface area contributed by atoms with Gasteiger partial charge in [-0.05, 0) is 11.6 Å². The van der Waals surface area contributed by atoms with Gasteiger partial charge in [0.1, 0.15) is 16.1 Å². The van der Waals surface area contributed by atoms with E-state index >= 15 is 0 Å². The maximum Gasteiger partial charge on any atom is 0.264 e. The van der Waals surface area contributed by atoms with Crippen LogP contribution < -0.4 is 5.56 Å². The average Bonchev–Trinajstić information content (AvgIpc) is 2.98. The predicted octanol–water partition coefficient (Wildman–Crippen LogP) is 2.62. The van der Waals surface area contributed by atoms with E-state index in [0.717, 1.165) is 5.56 Å². The highest BCUT2D eigenvalue weighted by Gasteiger charge is 2.17. The zero-order valence-corrected chi connectivity index (χ0v) is 11.7. The number of benzene rings is 1. The van der Waals surface area contributed by atoms with Gasteiger partial charge >= 0.3 is 0 Å². The summed E-state index contributed by atoms with van der Waals surface area (Å²) in [6.07, 6.45) is 0. The lowest BCUT2D eigenvalue weighted by Gasteiger charge is -2.04. The standard InChI is InChI=1S/C13H9ClN4OS/c14-11(8-4-2-1-3-5-8)13-18-17-12(20-13)9-6-7-10(19)16-15-9/h1-7,11H,(H,16,19). The van der Waals surface area contributed by atoms with Crippen LogP contribution in [0.4, 0.5) is 0 Å². The Morgan fingerprint density at radius 2 is 1.90 bits per heavy atom. The summed E-state index contributed by atoms with van der Waals surface area (Å²) in [5.41, 5.74) is 1.29. The SMILES string of the molecule is O=c1ccc(-c2nnc(C(Cl)c3ccccc3)s2)n[nH]1. The van der Waals surface area contributed by atoms with E-state index in [2.05, 4.69) is 20.4 Å². The summed E-state index contributed by atoms with van der Waals surface area (Å²) in [5.74, 6) is 0. The summed E-state index contributed by atoms with van der Waals surface area (Å²) >= 11 is 7.74. The molecule has 5 nitrogen and oxygen atoms in total. The Morgan fingerprint density at radius 3 is 2.60 bits per heavy atom. The van der Waals surface area contributed by atoms with Crippen LogP contribution in [0.2, 0.25) is 0 Å². The molecular formula is C13H9ClN4OS. The summed E-state index contributed by atoms with van der Waals surface area (Å²) in [4.78, 5) is 11.0. The van der Waals surface area contributed by atoms with Crippen LogP contribution in [0, 0.1) is 0 Å². The molecule has 1 aromatic carbocycles. The summed E-state index contributed by atoms with van der Waals surface area (Å²) in [6.45, 7) is 0. The van der Waals surface area contributed by atoms with Crippen LogP contribution in [0.15, 0.2) is 47.3 Å². The third-order valence-corrected chi connectivity index (χ3v) is 4.25. The molecule has 0 saturated carbocycles. The fourth-order valence-corrected chi connectivity index (χ4v) is 2.81. The predicted molar refractivity (Wildman–Crippen MR) is 77.9 cm³/mol. The molecule has 0 amide bonds. The number of rotatable bonds is 3. The summed E-state index contributed by atoms with van der Waals surface area (Å²) < 4.78 is 0. The Morgan fingerprint density at radius 1 is 1.10 bits per heavy atom. The molecule has 100 valence electrons. The van der Waals surface area contributed by atoms with Crippen molar-refractivity contribution in [2.45, 2.75) is 5.38 Å². The summed E-state index contributed by atoms with van der Waals surface area (Å²) in [7, 11) is 0. The van der Waals surface area contributed by atoms with Gasteiger partial charge in [-0.25, -0.2) is 5.10 Å². The largest absolute Gasteiger partial charge is 0.268 e. The van der Waals surface area contributed by atoms with Crippen molar-refractivity contribution in [2.24, 2.45) is 0 Å². The van der Waals surface area contributed by atoms with Gasteiger partial charge in [-0.15, -0.1) is 21.8 Å². The third kappa shape index (κ3) is 2.61. The highest BCUT2D eigenvalue weighted by Crippen LogP contribution is 2.32. The number of aromatic amines is 1.